The summed E-state index contributed by atoms with van der Waals surface area (Å²) in [6.07, 6.45) is 3.95. The summed E-state index contributed by atoms with van der Waals surface area (Å²) < 4.78 is 29.1. The average molecular weight is 582 g/mol. The SMILES string of the molecule is Cc1ccc(C)c(N(CC(=O)N(Cc2cccc(Cl)c2)C(C)C(=O)NC2CCCC2)S(=O)(=O)c2ccccc2)c1. The predicted octanol–water partition coefficient (Wildman–Crippen LogP) is 5.63. The van der Waals surface area contributed by atoms with Crippen LogP contribution in [0.4, 0.5) is 5.69 Å². The number of nitrogens with zero attached hydrogens (tertiary/aromatic N) is 2. The minimum Gasteiger partial charge on any atom is -0.352 e. The van der Waals surface area contributed by atoms with Crippen LogP contribution in [0.25, 0.3) is 0 Å². The maximum atomic E-state index is 14.1. The van der Waals surface area contributed by atoms with E-state index in [1.165, 1.54) is 17.0 Å². The molecule has 1 fully saturated rings. The zero-order valence-corrected chi connectivity index (χ0v) is 24.7. The molecule has 1 atom stereocenters. The van der Waals surface area contributed by atoms with Gasteiger partial charge in [0.15, 0.2) is 0 Å². The molecular weight excluding hydrogens is 546 g/mol. The van der Waals surface area contributed by atoms with Crippen LogP contribution in [0.5, 0.6) is 0 Å². The molecule has 212 valence electrons. The first-order valence-electron chi connectivity index (χ1n) is 13.6. The number of hydrogen-bond acceptors (Lipinski definition) is 4. The normalized spacial score (nSPS) is 14.5. The molecule has 7 nitrogen and oxygen atoms in total. The Morgan fingerprint density at radius 2 is 1.68 bits per heavy atom. The molecular formula is C31H36ClN3O4S. The van der Waals surface area contributed by atoms with Gasteiger partial charge < -0.3 is 10.2 Å². The van der Waals surface area contributed by atoms with Crippen molar-refractivity contribution in [1.29, 1.82) is 0 Å². The number of carbonyl (C=O) groups is 2. The highest BCUT2D eigenvalue weighted by Gasteiger charge is 2.34. The summed E-state index contributed by atoms with van der Waals surface area (Å²) in [5, 5.41) is 3.59. The lowest BCUT2D eigenvalue weighted by molar-refractivity contribution is -0.139. The first kappa shape index (κ1) is 29.6. The van der Waals surface area contributed by atoms with E-state index in [0.717, 1.165) is 41.1 Å². The van der Waals surface area contributed by atoms with Gasteiger partial charge in [0.25, 0.3) is 10.0 Å². The van der Waals surface area contributed by atoms with Gasteiger partial charge in [0, 0.05) is 17.6 Å². The van der Waals surface area contributed by atoms with Crippen LogP contribution in [0.15, 0.2) is 77.7 Å². The fourth-order valence-electron chi connectivity index (χ4n) is 5.03. The topological polar surface area (TPSA) is 86.8 Å². The minimum atomic E-state index is -4.10. The van der Waals surface area contributed by atoms with Crippen molar-refractivity contribution in [2.45, 2.75) is 70.0 Å². The quantitative estimate of drug-likeness (QED) is 0.336. The molecule has 40 heavy (non-hydrogen) atoms. The van der Waals surface area contributed by atoms with Crippen LogP contribution in [0.3, 0.4) is 0 Å². The Hall–Kier alpha value is -3.36. The maximum absolute atomic E-state index is 14.1. The third-order valence-electron chi connectivity index (χ3n) is 7.35. The molecule has 3 aromatic rings. The summed E-state index contributed by atoms with van der Waals surface area (Å²) in [6, 6.07) is 19.9. The zero-order chi connectivity index (χ0) is 28.9. The van der Waals surface area contributed by atoms with Crippen molar-refractivity contribution in [2.24, 2.45) is 0 Å². The van der Waals surface area contributed by atoms with E-state index in [4.69, 9.17) is 11.6 Å². The molecule has 1 unspecified atom stereocenters. The smallest absolute Gasteiger partial charge is 0.264 e. The van der Waals surface area contributed by atoms with E-state index >= 15 is 0 Å². The number of carbonyl (C=O) groups excluding carboxylic acids is 2. The molecule has 0 saturated heterocycles. The highest BCUT2D eigenvalue weighted by Crippen LogP contribution is 2.29. The molecule has 0 heterocycles. The molecule has 1 saturated carbocycles. The lowest BCUT2D eigenvalue weighted by atomic mass is 10.1. The Labute approximate surface area is 242 Å². The third kappa shape index (κ3) is 7.04. The lowest BCUT2D eigenvalue weighted by Crippen LogP contribution is -2.52. The van der Waals surface area contributed by atoms with E-state index in [1.807, 2.05) is 32.0 Å². The van der Waals surface area contributed by atoms with Gasteiger partial charge in [-0.15, -0.1) is 0 Å². The van der Waals surface area contributed by atoms with Gasteiger partial charge in [0.05, 0.1) is 10.6 Å². The third-order valence-corrected chi connectivity index (χ3v) is 9.36. The summed E-state index contributed by atoms with van der Waals surface area (Å²) in [5.74, 6) is -0.749. The molecule has 0 radical (unpaired) electrons. The van der Waals surface area contributed by atoms with E-state index in [1.54, 1.807) is 49.4 Å². The largest absolute Gasteiger partial charge is 0.352 e. The van der Waals surface area contributed by atoms with Gasteiger partial charge in [0.1, 0.15) is 12.6 Å². The minimum absolute atomic E-state index is 0.0807. The van der Waals surface area contributed by atoms with Crippen LogP contribution in [0.1, 0.15) is 49.3 Å². The van der Waals surface area contributed by atoms with Gasteiger partial charge in [-0.2, -0.15) is 0 Å². The summed E-state index contributed by atoms with van der Waals surface area (Å²) in [4.78, 5) is 28.9. The maximum Gasteiger partial charge on any atom is 0.264 e. The van der Waals surface area contributed by atoms with Gasteiger partial charge in [-0.25, -0.2) is 8.42 Å². The molecule has 3 aromatic carbocycles. The van der Waals surface area contributed by atoms with Gasteiger partial charge >= 0.3 is 0 Å². The highest BCUT2D eigenvalue weighted by molar-refractivity contribution is 7.92. The molecule has 0 aliphatic heterocycles. The molecule has 2 amide bonds. The van der Waals surface area contributed by atoms with Crippen LogP contribution in [0.2, 0.25) is 5.02 Å². The number of aryl methyl sites for hydroxylation is 2. The number of hydrogen-bond donors (Lipinski definition) is 1. The summed E-state index contributed by atoms with van der Waals surface area (Å²) in [6.45, 7) is 5.00. The van der Waals surface area contributed by atoms with Crippen LogP contribution in [-0.4, -0.2) is 43.8 Å². The van der Waals surface area contributed by atoms with Crippen molar-refractivity contribution in [3.63, 3.8) is 0 Å². The number of sulfonamides is 1. The van der Waals surface area contributed by atoms with E-state index in [0.29, 0.717) is 16.3 Å². The van der Waals surface area contributed by atoms with Crippen molar-refractivity contribution in [2.75, 3.05) is 10.8 Å². The van der Waals surface area contributed by atoms with Gasteiger partial charge in [-0.05, 0) is 80.6 Å². The Bertz CT molecular complexity index is 1460. The summed E-state index contributed by atoms with van der Waals surface area (Å²) in [5.41, 5.74) is 2.74. The Balaban J connectivity index is 1.71. The Morgan fingerprint density at radius 1 is 0.975 bits per heavy atom. The molecule has 1 aliphatic carbocycles. The second-order valence-electron chi connectivity index (χ2n) is 10.4. The van der Waals surface area contributed by atoms with Crippen molar-refractivity contribution < 1.29 is 18.0 Å². The van der Waals surface area contributed by atoms with Crippen LogP contribution in [0, 0.1) is 13.8 Å². The molecule has 9 heteroatoms. The predicted molar refractivity (Wildman–Crippen MR) is 159 cm³/mol. The molecule has 1 aliphatic rings. The Kier molecular flexibility index (Phi) is 9.53. The Morgan fingerprint density at radius 3 is 2.35 bits per heavy atom. The second-order valence-corrected chi connectivity index (χ2v) is 12.7. The van der Waals surface area contributed by atoms with Crippen LogP contribution in [-0.2, 0) is 26.2 Å². The van der Waals surface area contributed by atoms with Gasteiger partial charge in [-0.1, -0.05) is 66.9 Å². The monoisotopic (exact) mass is 581 g/mol. The van der Waals surface area contributed by atoms with Crippen LogP contribution >= 0.6 is 11.6 Å². The number of anilines is 1. The van der Waals surface area contributed by atoms with E-state index in [-0.39, 0.29) is 23.4 Å². The van der Waals surface area contributed by atoms with E-state index < -0.39 is 28.5 Å². The fourth-order valence-corrected chi connectivity index (χ4v) is 6.73. The molecule has 0 bridgehead atoms. The van der Waals surface area contributed by atoms with Crippen molar-refractivity contribution in [1.82, 2.24) is 10.2 Å². The first-order valence-corrected chi connectivity index (χ1v) is 15.4. The highest BCUT2D eigenvalue weighted by atomic mass is 35.5. The van der Waals surface area contributed by atoms with E-state index in [2.05, 4.69) is 5.32 Å². The van der Waals surface area contributed by atoms with Gasteiger partial charge in [-0.3, -0.25) is 13.9 Å². The molecule has 0 spiro atoms. The molecule has 0 aromatic heterocycles. The summed E-state index contributed by atoms with van der Waals surface area (Å²) >= 11 is 6.22. The van der Waals surface area contributed by atoms with Crippen molar-refractivity contribution in [3.05, 3.63) is 94.5 Å². The van der Waals surface area contributed by atoms with Crippen molar-refractivity contribution >= 4 is 39.1 Å². The van der Waals surface area contributed by atoms with Crippen LogP contribution < -0.4 is 9.62 Å². The summed E-state index contributed by atoms with van der Waals surface area (Å²) in [7, 11) is -4.10. The number of benzene rings is 3. The standard InChI is InChI=1S/C31H36ClN3O4S/c1-22-16-17-23(2)29(18-22)35(40(38,39)28-14-5-4-6-15-28)21-30(36)34(20-25-10-9-11-26(32)19-25)24(3)31(37)33-27-12-7-8-13-27/h4-6,9-11,14-19,24,27H,7-8,12-13,20-21H2,1-3H3,(H,33,37). The average Bonchev–Trinajstić information content (AvgIpc) is 3.45. The lowest BCUT2D eigenvalue weighted by Gasteiger charge is -2.33. The second kappa shape index (κ2) is 12.9. The number of nitrogens with one attached hydrogen (secondary N) is 1. The first-order chi connectivity index (χ1) is 19.1. The van der Waals surface area contributed by atoms with E-state index in [9.17, 15) is 18.0 Å². The molecule has 1 N–H and O–H groups in total. The number of rotatable bonds is 10. The number of amides is 2. The molecule has 4 rings (SSSR count). The fraction of sp³-hybridized carbons (Fsp3) is 0.355. The van der Waals surface area contributed by atoms with Crippen molar-refractivity contribution in [3.8, 4) is 0 Å². The van der Waals surface area contributed by atoms with Gasteiger partial charge in [0.2, 0.25) is 11.8 Å². The zero-order valence-electron chi connectivity index (χ0n) is 23.1. The number of halogens is 1.